The molecule has 0 atom stereocenters. The second-order valence-electron chi connectivity index (χ2n) is 4.62. The van der Waals surface area contributed by atoms with E-state index in [0.29, 0.717) is 19.4 Å². The number of amidine groups is 1. The molecule has 5 nitrogen and oxygen atoms in total. The zero-order valence-electron chi connectivity index (χ0n) is 11.1. The molecular weight excluding hydrogens is 222 g/mol. The summed E-state index contributed by atoms with van der Waals surface area (Å²) in [6.07, 6.45) is 0. The number of hydrazone groups is 1. The molecule has 0 heterocycles. The lowest BCUT2D eigenvalue weighted by Crippen LogP contribution is -2.27. The van der Waals surface area contributed by atoms with E-state index in [4.69, 9.17) is 9.47 Å². The third-order valence-electron chi connectivity index (χ3n) is 1.84. The Labute approximate surface area is 99.6 Å². The molecule has 96 valence electrons. The highest BCUT2D eigenvalue weighted by Crippen LogP contribution is 2.06. The third kappa shape index (κ3) is 9.79. The van der Waals surface area contributed by atoms with Crippen molar-refractivity contribution >= 4 is 14.1 Å². The van der Waals surface area contributed by atoms with Crippen LogP contribution in [0.2, 0.25) is 25.7 Å². The largest absolute Gasteiger partial charge is 0.464 e. The molecule has 0 aromatic heterocycles. The van der Waals surface area contributed by atoms with Crippen molar-refractivity contribution in [3.8, 4) is 0 Å². The molecular formula is C10H25N3O2Si. The quantitative estimate of drug-likeness (QED) is 0.178. The van der Waals surface area contributed by atoms with Crippen molar-refractivity contribution in [2.24, 2.45) is 5.10 Å². The summed E-state index contributed by atoms with van der Waals surface area (Å²) in [6, 6.07) is 1.65. The number of rotatable bonds is 7. The second kappa shape index (κ2) is 8.40. The minimum Gasteiger partial charge on any atom is -0.464 e. The van der Waals surface area contributed by atoms with E-state index in [0.717, 1.165) is 6.61 Å². The maximum Gasteiger partial charge on any atom is 0.306 e. The normalized spacial score (nSPS) is 12.4. The van der Waals surface area contributed by atoms with Crippen LogP contribution >= 0.6 is 0 Å². The molecule has 0 aliphatic rings. The fraction of sp³-hybridized carbons (Fsp3) is 0.900. The molecule has 0 aliphatic heterocycles. The first-order valence-electron chi connectivity index (χ1n) is 5.68. The maximum atomic E-state index is 5.42. The summed E-state index contributed by atoms with van der Waals surface area (Å²) in [7, 11) is 0.782. The Bertz CT molecular complexity index is 205. The van der Waals surface area contributed by atoms with Crippen LogP contribution in [0.15, 0.2) is 5.10 Å². The van der Waals surface area contributed by atoms with Crippen molar-refractivity contribution < 1.29 is 9.47 Å². The highest BCUT2D eigenvalue weighted by molar-refractivity contribution is 6.76. The lowest BCUT2D eigenvalue weighted by atomic mass is 10.8. The van der Waals surface area contributed by atoms with Crippen molar-refractivity contribution in [1.82, 2.24) is 10.7 Å². The van der Waals surface area contributed by atoms with Gasteiger partial charge in [0.15, 0.2) is 0 Å². The number of nitrogens with zero attached hydrogens (tertiary/aromatic N) is 1. The first-order valence-corrected chi connectivity index (χ1v) is 9.39. The molecule has 0 aromatic rings. The molecule has 0 amide bonds. The summed E-state index contributed by atoms with van der Waals surface area (Å²) in [5.74, 6) is 0. The first-order chi connectivity index (χ1) is 7.49. The molecule has 0 radical (unpaired) electrons. The predicted molar refractivity (Wildman–Crippen MR) is 70.2 cm³/mol. The van der Waals surface area contributed by atoms with Crippen LogP contribution in [0.1, 0.15) is 6.92 Å². The predicted octanol–water partition coefficient (Wildman–Crippen LogP) is 1.42. The van der Waals surface area contributed by atoms with E-state index in [1.165, 1.54) is 6.04 Å². The van der Waals surface area contributed by atoms with Crippen LogP contribution in [0.4, 0.5) is 0 Å². The van der Waals surface area contributed by atoms with Crippen molar-refractivity contribution in [3.05, 3.63) is 0 Å². The number of ether oxygens (including phenoxy) is 2. The Morgan fingerprint density at radius 3 is 2.50 bits per heavy atom. The van der Waals surface area contributed by atoms with Gasteiger partial charge in [0.25, 0.3) is 0 Å². The van der Waals surface area contributed by atoms with Gasteiger partial charge in [-0.1, -0.05) is 19.6 Å². The van der Waals surface area contributed by atoms with Gasteiger partial charge in [-0.25, -0.2) is 0 Å². The van der Waals surface area contributed by atoms with Crippen molar-refractivity contribution in [1.29, 1.82) is 0 Å². The molecule has 2 N–H and O–H groups in total. The van der Waals surface area contributed by atoms with Gasteiger partial charge in [-0.3, -0.25) is 5.43 Å². The van der Waals surface area contributed by atoms with Crippen LogP contribution in [0.25, 0.3) is 0 Å². The number of hydrogen-bond donors (Lipinski definition) is 2. The Balaban J connectivity index is 3.51. The van der Waals surface area contributed by atoms with Crippen LogP contribution in [-0.2, 0) is 9.47 Å². The van der Waals surface area contributed by atoms with Gasteiger partial charge >= 0.3 is 6.02 Å². The van der Waals surface area contributed by atoms with E-state index in [1.54, 1.807) is 7.05 Å². The van der Waals surface area contributed by atoms with Gasteiger partial charge in [-0.15, -0.1) is 5.10 Å². The van der Waals surface area contributed by atoms with Crippen LogP contribution in [-0.4, -0.2) is 41.1 Å². The maximum absolute atomic E-state index is 5.42. The fourth-order valence-electron chi connectivity index (χ4n) is 0.897. The van der Waals surface area contributed by atoms with Gasteiger partial charge in [0, 0.05) is 21.7 Å². The second-order valence-corrected chi connectivity index (χ2v) is 10.2. The zero-order valence-corrected chi connectivity index (χ0v) is 12.1. The van der Waals surface area contributed by atoms with Crippen LogP contribution in [0.3, 0.4) is 0 Å². The molecule has 0 fully saturated rings. The average Bonchev–Trinajstić information content (AvgIpc) is 2.20. The minimum atomic E-state index is -0.984. The smallest absolute Gasteiger partial charge is 0.306 e. The molecule has 16 heavy (non-hydrogen) atoms. The molecule has 6 heteroatoms. The molecule has 0 rings (SSSR count). The van der Waals surface area contributed by atoms with E-state index in [1.807, 2.05) is 6.92 Å². The number of hydrogen-bond acceptors (Lipinski definition) is 4. The molecule has 0 bridgehead atoms. The van der Waals surface area contributed by atoms with Crippen LogP contribution in [0.5, 0.6) is 0 Å². The Hall–Kier alpha value is -0.753. The standard InChI is InChI=1S/C10H25N3O2Si/c1-6-15-10(11-2)13-12-9-14-7-8-16(3,4)5/h12H,6-9H2,1-5H3,(H,11,13). The van der Waals surface area contributed by atoms with E-state index >= 15 is 0 Å². The van der Waals surface area contributed by atoms with E-state index < -0.39 is 8.07 Å². The van der Waals surface area contributed by atoms with Crippen LogP contribution < -0.4 is 10.7 Å². The Kier molecular flexibility index (Phi) is 8.01. The number of nitrogens with one attached hydrogen (secondary N) is 2. The van der Waals surface area contributed by atoms with E-state index in [9.17, 15) is 0 Å². The van der Waals surface area contributed by atoms with Crippen molar-refractivity contribution in [2.45, 2.75) is 32.6 Å². The molecule has 0 spiro atoms. The third-order valence-corrected chi connectivity index (χ3v) is 3.54. The molecule has 0 aliphatic carbocycles. The summed E-state index contributed by atoms with van der Waals surface area (Å²) in [6.45, 7) is 10.7. The minimum absolute atomic E-state index is 0.419. The first kappa shape index (κ1) is 15.2. The van der Waals surface area contributed by atoms with Gasteiger partial charge in [-0.2, -0.15) is 0 Å². The van der Waals surface area contributed by atoms with Gasteiger partial charge in [0.1, 0.15) is 6.73 Å². The van der Waals surface area contributed by atoms with Crippen LogP contribution in [0, 0.1) is 0 Å². The summed E-state index contributed by atoms with van der Waals surface area (Å²) in [5.41, 5.74) is 2.80. The lowest BCUT2D eigenvalue weighted by molar-refractivity contribution is 0.128. The highest BCUT2D eigenvalue weighted by Gasteiger charge is 2.11. The summed E-state index contributed by atoms with van der Waals surface area (Å²) in [5, 5.41) is 6.82. The topological polar surface area (TPSA) is 54.9 Å². The molecule has 0 saturated heterocycles. The summed E-state index contributed by atoms with van der Waals surface area (Å²) < 4.78 is 10.6. The Morgan fingerprint density at radius 2 is 2.00 bits per heavy atom. The van der Waals surface area contributed by atoms with Crippen molar-refractivity contribution in [3.63, 3.8) is 0 Å². The van der Waals surface area contributed by atoms with Gasteiger partial charge in [0.2, 0.25) is 0 Å². The Morgan fingerprint density at radius 1 is 1.31 bits per heavy atom. The highest BCUT2D eigenvalue weighted by atomic mass is 28.3. The SMILES string of the molecule is CCO/C(=N/NCOCC[Si](C)(C)C)NC. The van der Waals surface area contributed by atoms with E-state index in [-0.39, 0.29) is 0 Å². The van der Waals surface area contributed by atoms with Gasteiger partial charge < -0.3 is 14.8 Å². The lowest BCUT2D eigenvalue weighted by Gasteiger charge is -2.15. The zero-order chi connectivity index (χ0) is 12.4. The molecule has 0 unspecified atom stereocenters. The average molecular weight is 247 g/mol. The molecule has 0 aromatic carbocycles. The van der Waals surface area contributed by atoms with Gasteiger partial charge in [-0.05, 0) is 13.0 Å². The summed E-state index contributed by atoms with van der Waals surface area (Å²) in [4.78, 5) is 0. The van der Waals surface area contributed by atoms with Gasteiger partial charge in [0.05, 0.1) is 6.61 Å². The van der Waals surface area contributed by atoms with E-state index in [2.05, 4.69) is 35.5 Å². The summed E-state index contributed by atoms with van der Waals surface area (Å²) >= 11 is 0. The van der Waals surface area contributed by atoms with Crippen molar-refractivity contribution in [2.75, 3.05) is 27.0 Å². The fourth-order valence-corrected chi connectivity index (χ4v) is 1.65. The monoisotopic (exact) mass is 247 g/mol. The molecule has 0 saturated carbocycles.